The molecule has 3 rings (SSSR count). The number of halogens is 1. The van der Waals surface area contributed by atoms with E-state index in [4.69, 9.17) is 11.6 Å². The van der Waals surface area contributed by atoms with Crippen molar-refractivity contribution in [2.45, 2.75) is 25.8 Å². The Hall–Kier alpha value is -1.86. The average molecular weight is 368 g/mol. The molecule has 2 aliphatic rings. The fraction of sp³-hybridized carbons (Fsp3) is 0.588. The summed E-state index contributed by atoms with van der Waals surface area (Å²) in [7, 11) is 0. The molecule has 2 fully saturated rings. The van der Waals surface area contributed by atoms with E-state index in [1.807, 2.05) is 16.7 Å². The summed E-state index contributed by atoms with van der Waals surface area (Å²) in [6.45, 7) is 6.71. The highest BCUT2D eigenvalue weighted by molar-refractivity contribution is 6.30. The number of hydrogen-bond donors (Lipinski definition) is 1. The van der Waals surface area contributed by atoms with E-state index in [1.54, 1.807) is 12.1 Å². The van der Waals surface area contributed by atoms with Crippen LogP contribution in [0.3, 0.4) is 0 Å². The molecule has 136 valence electrons. The van der Waals surface area contributed by atoms with E-state index in [1.165, 1.54) is 11.0 Å². The number of nitro benzene ring substituents is 1. The van der Waals surface area contributed by atoms with Crippen LogP contribution in [-0.2, 0) is 4.79 Å². The Labute approximate surface area is 152 Å². The first-order valence-corrected chi connectivity index (χ1v) is 9.17. The van der Waals surface area contributed by atoms with Crippen molar-refractivity contribution in [3.63, 3.8) is 0 Å². The number of likely N-dealkylation sites (tertiary alicyclic amines) is 1. The molecule has 0 aromatic heterocycles. The second-order valence-corrected chi connectivity index (χ2v) is 7.23. The summed E-state index contributed by atoms with van der Waals surface area (Å²) in [4.78, 5) is 28.7. The Bertz CT molecular complexity index is 655. The number of anilines is 1. The third-order valence-electron chi connectivity index (χ3n) is 5.28. The van der Waals surface area contributed by atoms with Crippen LogP contribution in [0, 0.1) is 10.1 Å². The van der Waals surface area contributed by atoms with Gasteiger partial charge in [0.25, 0.3) is 11.6 Å². The molecule has 1 N–H and O–H groups in total. The first kappa shape index (κ1) is 17.9. The molecule has 0 saturated carbocycles. The zero-order valence-corrected chi connectivity index (χ0v) is 15.2. The van der Waals surface area contributed by atoms with E-state index in [2.05, 4.69) is 0 Å². The maximum atomic E-state index is 12.6. The van der Waals surface area contributed by atoms with E-state index in [0.29, 0.717) is 23.8 Å². The van der Waals surface area contributed by atoms with Crippen LogP contribution in [0.15, 0.2) is 18.2 Å². The SMILES string of the molecule is C[C@@H](C(=O)N1CCCC1)[NH+]1CCN(c2ccc(Cl)cc2[N+](=O)[O-])CC1. The van der Waals surface area contributed by atoms with Gasteiger partial charge in [-0.25, -0.2) is 0 Å². The van der Waals surface area contributed by atoms with Crippen LogP contribution in [0.25, 0.3) is 0 Å². The van der Waals surface area contributed by atoms with E-state index < -0.39 is 0 Å². The predicted molar refractivity (Wildman–Crippen MR) is 96.3 cm³/mol. The monoisotopic (exact) mass is 367 g/mol. The lowest BCUT2D eigenvalue weighted by molar-refractivity contribution is -0.915. The summed E-state index contributed by atoms with van der Waals surface area (Å²) >= 11 is 5.89. The highest BCUT2D eigenvalue weighted by atomic mass is 35.5. The Kier molecular flexibility index (Phi) is 5.44. The maximum absolute atomic E-state index is 12.6. The molecule has 1 aromatic rings. The zero-order chi connectivity index (χ0) is 18.0. The number of carbonyl (C=O) groups is 1. The number of rotatable bonds is 4. The number of hydrogen-bond acceptors (Lipinski definition) is 4. The average Bonchev–Trinajstić information content (AvgIpc) is 3.15. The number of nitro groups is 1. The van der Waals surface area contributed by atoms with Gasteiger partial charge >= 0.3 is 0 Å². The normalized spacial score (nSPS) is 19.9. The van der Waals surface area contributed by atoms with Crippen LogP contribution < -0.4 is 9.80 Å². The van der Waals surface area contributed by atoms with Gasteiger partial charge in [0.2, 0.25) is 0 Å². The second-order valence-electron chi connectivity index (χ2n) is 6.79. The Morgan fingerprint density at radius 2 is 1.88 bits per heavy atom. The number of piperazine rings is 1. The Morgan fingerprint density at radius 1 is 1.24 bits per heavy atom. The quantitative estimate of drug-likeness (QED) is 0.635. The summed E-state index contributed by atoms with van der Waals surface area (Å²) in [5.74, 6) is 0.235. The molecule has 1 aromatic carbocycles. The van der Waals surface area contributed by atoms with Crippen molar-refractivity contribution < 1.29 is 14.6 Å². The third kappa shape index (κ3) is 3.88. The molecule has 0 unspecified atom stereocenters. The first-order chi connectivity index (χ1) is 12.0. The lowest BCUT2D eigenvalue weighted by Gasteiger charge is -2.36. The summed E-state index contributed by atoms with van der Waals surface area (Å²) in [6, 6.07) is 4.74. The van der Waals surface area contributed by atoms with Crippen LogP contribution in [0.1, 0.15) is 19.8 Å². The van der Waals surface area contributed by atoms with Gasteiger partial charge in [0.05, 0.1) is 31.1 Å². The van der Waals surface area contributed by atoms with Gasteiger partial charge in [0.1, 0.15) is 5.69 Å². The maximum Gasteiger partial charge on any atom is 0.294 e. The van der Waals surface area contributed by atoms with Gasteiger partial charge < -0.3 is 14.7 Å². The van der Waals surface area contributed by atoms with E-state index in [9.17, 15) is 14.9 Å². The number of amides is 1. The molecule has 0 aliphatic carbocycles. The third-order valence-corrected chi connectivity index (χ3v) is 5.52. The van der Waals surface area contributed by atoms with Crippen LogP contribution in [0.5, 0.6) is 0 Å². The van der Waals surface area contributed by atoms with Crippen molar-refractivity contribution in [2.24, 2.45) is 0 Å². The van der Waals surface area contributed by atoms with Gasteiger partial charge in [-0.15, -0.1) is 0 Å². The molecule has 25 heavy (non-hydrogen) atoms. The summed E-state index contributed by atoms with van der Waals surface area (Å²) in [5, 5.41) is 11.7. The Morgan fingerprint density at radius 3 is 2.48 bits per heavy atom. The molecule has 0 radical (unpaired) electrons. The molecule has 2 heterocycles. The summed E-state index contributed by atoms with van der Waals surface area (Å²) < 4.78 is 0. The van der Waals surface area contributed by atoms with E-state index >= 15 is 0 Å². The zero-order valence-electron chi connectivity index (χ0n) is 14.4. The fourth-order valence-corrected chi connectivity index (χ4v) is 3.93. The predicted octanol–water partition coefficient (Wildman–Crippen LogP) is 0.964. The van der Waals surface area contributed by atoms with Crippen molar-refractivity contribution in [3.05, 3.63) is 33.3 Å². The van der Waals surface area contributed by atoms with Gasteiger partial charge in [0.15, 0.2) is 6.04 Å². The molecule has 1 amide bonds. The molecule has 7 nitrogen and oxygen atoms in total. The summed E-state index contributed by atoms with van der Waals surface area (Å²) in [6.07, 6.45) is 2.20. The molecule has 1 atom stereocenters. The van der Waals surface area contributed by atoms with Gasteiger partial charge in [-0.3, -0.25) is 14.9 Å². The van der Waals surface area contributed by atoms with Crippen LogP contribution >= 0.6 is 11.6 Å². The van der Waals surface area contributed by atoms with Gasteiger partial charge in [-0.05, 0) is 31.9 Å². The lowest BCUT2D eigenvalue weighted by Crippen LogP contribution is -3.19. The molecule has 0 spiro atoms. The molecule has 2 aliphatic heterocycles. The van der Waals surface area contributed by atoms with Crippen molar-refractivity contribution in [2.75, 3.05) is 44.2 Å². The molecular formula is C17H24ClN4O3+. The fourth-order valence-electron chi connectivity index (χ4n) is 3.76. The van der Waals surface area contributed by atoms with Crippen LogP contribution in [-0.4, -0.2) is 61.0 Å². The van der Waals surface area contributed by atoms with Gasteiger partial charge in [-0.1, -0.05) is 11.6 Å². The van der Waals surface area contributed by atoms with Gasteiger partial charge in [-0.2, -0.15) is 0 Å². The van der Waals surface area contributed by atoms with Crippen molar-refractivity contribution in [1.82, 2.24) is 4.90 Å². The molecule has 8 heteroatoms. The molecular weight excluding hydrogens is 344 g/mol. The minimum Gasteiger partial charge on any atom is -0.355 e. The highest BCUT2D eigenvalue weighted by Gasteiger charge is 2.34. The summed E-state index contributed by atoms with van der Waals surface area (Å²) in [5.41, 5.74) is 0.643. The minimum absolute atomic E-state index is 0.0390. The number of carbonyl (C=O) groups excluding carboxylic acids is 1. The van der Waals surface area contributed by atoms with Crippen molar-refractivity contribution in [3.8, 4) is 0 Å². The smallest absolute Gasteiger partial charge is 0.294 e. The van der Waals surface area contributed by atoms with E-state index in [0.717, 1.165) is 39.0 Å². The largest absolute Gasteiger partial charge is 0.355 e. The van der Waals surface area contributed by atoms with Crippen molar-refractivity contribution in [1.29, 1.82) is 0 Å². The second kappa shape index (κ2) is 7.58. The minimum atomic E-state index is -0.389. The number of quaternary nitrogens is 1. The number of nitrogens with one attached hydrogen (secondary N) is 1. The number of benzene rings is 1. The highest BCUT2D eigenvalue weighted by Crippen LogP contribution is 2.30. The van der Waals surface area contributed by atoms with Crippen LogP contribution in [0.4, 0.5) is 11.4 Å². The van der Waals surface area contributed by atoms with E-state index in [-0.39, 0.29) is 22.6 Å². The van der Waals surface area contributed by atoms with Crippen molar-refractivity contribution >= 4 is 28.9 Å². The molecule has 2 saturated heterocycles. The topological polar surface area (TPSA) is 71.1 Å². The standard InChI is InChI=1S/C17H23ClN4O3/c1-13(17(23)21-6-2-3-7-21)19-8-10-20(11-9-19)15-5-4-14(18)12-16(15)22(24)25/h4-5,12-13H,2-3,6-11H2,1H3/p+1/t13-/m0/s1. The van der Waals surface area contributed by atoms with Gasteiger partial charge in [0, 0.05) is 24.2 Å². The first-order valence-electron chi connectivity index (χ1n) is 8.79. The van der Waals surface area contributed by atoms with Crippen LogP contribution in [0.2, 0.25) is 5.02 Å². The molecule has 0 bridgehead atoms. The lowest BCUT2D eigenvalue weighted by atomic mass is 10.1. The number of nitrogens with zero attached hydrogens (tertiary/aromatic N) is 3. The Balaban J connectivity index is 1.64.